The van der Waals surface area contributed by atoms with Crippen molar-refractivity contribution in [2.75, 3.05) is 31.6 Å². The van der Waals surface area contributed by atoms with Gasteiger partial charge in [-0.25, -0.2) is 8.42 Å². The Labute approximate surface area is 189 Å². The summed E-state index contributed by atoms with van der Waals surface area (Å²) >= 11 is 0. The van der Waals surface area contributed by atoms with Gasteiger partial charge < -0.3 is 15.4 Å². The van der Waals surface area contributed by atoms with E-state index in [1.54, 1.807) is 13.0 Å². The van der Waals surface area contributed by atoms with Crippen molar-refractivity contribution in [2.45, 2.75) is 56.8 Å². The van der Waals surface area contributed by atoms with Crippen LogP contribution in [0.4, 0.5) is 5.69 Å². The van der Waals surface area contributed by atoms with Crippen LogP contribution in [-0.4, -0.2) is 50.8 Å². The van der Waals surface area contributed by atoms with Gasteiger partial charge in [0.2, 0.25) is 15.9 Å². The molecule has 1 saturated heterocycles. The number of allylic oxidation sites excluding steroid dienone is 1. The van der Waals surface area contributed by atoms with Crippen molar-refractivity contribution in [3.8, 4) is 5.75 Å². The molecule has 0 aromatic heterocycles. The third kappa shape index (κ3) is 4.99. The Morgan fingerprint density at radius 2 is 2.12 bits per heavy atom. The minimum Gasteiger partial charge on any atom is -0.482 e. The number of fused-ring (bicyclic) bond motifs is 1. The summed E-state index contributed by atoms with van der Waals surface area (Å²) in [6, 6.07) is 3.09. The molecule has 1 aromatic carbocycles. The van der Waals surface area contributed by atoms with E-state index in [-0.39, 0.29) is 35.8 Å². The fraction of sp³-hybridized carbons (Fsp3) is 0.565. The molecular weight excluding hydrogens is 430 g/mol. The van der Waals surface area contributed by atoms with Crippen molar-refractivity contribution in [1.29, 1.82) is 0 Å². The summed E-state index contributed by atoms with van der Waals surface area (Å²) in [7, 11) is -3.79. The topological polar surface area (TPSA) is 105 Å². The van der Waals surface area contributed by atoms with Gasteiger partial charge in [0.1, 0.15) is 5.75 Å². The molecule has 0 spiro atoms. The van der Waals surface area contributed by atoms with Crippen molar-refractivity contribution in [3.05, 3.63) is 29.3 Å². The molecule has 1 atom stereocenters. The first kappa shape index (κ1) is 22.8. The lowest BCUT2D eigenvalue weighted by atomic mass is 9.96. The van der Waals surface area contributed by atoms with Gasteiger partial charge in [-0.15, -0.1) is 0 Å². The van der Waals surface area contributed by atoms with Crippen LogP contribution in [0.15, 0.2) is 28.7 Å². The molecule has 4 rings (SSSR count). The molecule has 8 nitrogen and oxygen atoms in total. The second-order valence-corrected chi connectivity index (χ2v) is 10.7. The number of hydrogen-bond acceptors (Lipinski definition) is 5. The fourth-order valence-corrected chi connectivity index (χ4v) is 6.38. The van der Waals surface area contributed by atoms with Gasteiger partial charge in [-0.3, -0.25) is 9.59 Å². The van der Waals surface area contributed by atoms with Crippen LogP contribution in [0.5, 0.6) is 5.75 Å². The summed E-state index contributed by atoms with van der Waals surface area (Å²) in [4.78, 5) is 24.4. The molecule has 2 heterocycles. The molecule has 2 aliphatic heterocycles. The number of amides is 2. The lowest BCUT2D eigenvalue weighted by Crippen LogP contribution is -2.45. The quantitative estimate of drug-likeness (QED) is 0.634. The molecule has 0 bridgehead atoms. The number of carbonyl (C=O) groups is 2. The van der Waals surface area contributed by atoms with E-state index in [0.29, 0.717) is 42.9 Å². The van der Waals surface area contributed by atoms with Gasteiger partial charge in [0.25, 0.3) is 5.91 Å². The molecule has 0 radical (unpaired) electrons. The van der Waals surface area contributed by atoms with E-state index in [4.69, 9.17) is 4.74 Å². The number of sulfonamides is 1. The Balaban J connectivity index is 1.41. The normalized spacial score (nSPS) is 21.7. The number of hydrogen-bond donors (Lipinski definition) is 2. The van der Waals surface area contributed by atoms with Crippen molar-refractivity contribution in [2.24, 2.45) is 5.92 Å². The number of nitrogens with one attached hydrogen (secondary N) is 2. The SMILES string of the molecule is Cc1cc2c(cc1S(=O)(=O)N1CCCC(C(=O)NCCC3=CCCCC3)C1)OCC(=O)N2. The highest BCUT2D eigenvalue weighted by atomic mass is 32.2. The number of nitrogens with zero attached hydrogens (tertiary/aromatic N) is 1. The Kier molecular flexibility index (Phi) is 6.85. The van der Waals surface area contributed by atoms with Crippen LogP contribution in [-0.2, 0) is 19.6 Å². The van der Waals surface area contributed by atoms with Crippen molar-refractivity contribution in [1.82, 2.24) is 9.62 Å². The van der Waals surface area contributed by atoms with Crippen molar-refractivity contribution >= 4 is 27.5 Å². The largest absolute Gasteiger partial charge is 0.482 e. The molecule has 32 heavy (non-hydrogen) atoms. The summed E-state index contributed by atoms with van der Waals surface area (Å²) < 4.78 is 33.6. The second kappa shape index (κ2) is 9.62. The smallest absolute Gasteiger partial charge is 0.262 e. The summed E-state index contributed by atoms with van der Waals surface area (Å²) in [5, 5.41) is 5.70. The van der Waals surface area contributed by atoms with E-state index in [0.717, 1.165) is 19.3 Å². The Hall–Kier alpha value is -2.39. The molecule has 1 aliphatic carbocycles. The maximum atomic E-state index is 13.4. The van der Waals surface area contributed by atoms with Crippen LogP contribution in [0.25, 0.3) is 0 Å². The highest BCUT2D eigenvalue weighted by molar-refractivity contribution is 7.89. The van der Waals surface area contributed by atoms with Crippen LogP contribution in [0, 0.1) is 12.8 Å². The second-order valence-electron chi connectivity index (χ2n) is 8.80. The van der Waals surface area contributed by atoms with E-state index in [2.05, 4.69) is 16.7 Å². The predicted molar refractivity (Wildman–Crippen MR) is 121 cm³/mol. The van der Waals surface area contributed by atoms with Crippen LogP contribution in [0.2, 0.25) is 0 Å². The first-order valence-corrected chi connectivity index (χ1v) is 12.8. The molecule has 1 unspecified atom stereocenters. The fourth-order valence-electron chi connectivity index (χ4n) is 4.63. The Morgan fingerprint density at radius 3 is 2.91 bits per heavy atom. The lowest BCUT2D eigenvalue weighted by Gasteiger charge is -2.32. The molecule has 2 amide bonds. The van der Waals surface area contributed by atoms with Gasteiger partial charge in [-0.05, 0) is 63.5 Å². The van der Waals surface area contributed by atoms with E-state index >= 15 is 0 Å². The maximum absolute atomic E-state index is 13.4. The standard InChI is InChI=1S/C23H31N3O5S/c1-16-12-19-20(31-15-22(27)25-19)13-21(16)32(29,30)26-11-5-8-18(14-26)23(28)24-10-9-17-6-3-2-4-7-17/h6,12-13,18H,2-5,7-11,14-15H2,1H3,(H,24,28)(H,25,27). The summed E-state index contributed by atoms with van der Waals surface area (Å²) in [5.41, 5.74) is 2.41. The predicted octanol–water partition coefficient (Wildman–Crippen LogP) is 2.73. The third-order valence-corrected chi connectivity index (χ3v) is 8.42. The van der Waals surface area contributed by atoms with Gasteiger partial charge in [0.15, 0.2) is 6.61 Å². The van der Waals surface area contributed by atoms with Crippen molar-refractivity contribution in [3.63, 3.8) is 0 Å². The molecule has 2 N–H and O–H groups in total. The zero-order valence-corrected chi connectivity index (χ0v) is 19.3. The number of carbonyl (C=O) groups excluding carboxylic acids is 2. The monoisotopic (exact) mass is 461 g/mol. The average Bonchev–Trinajstić information content (AvgIpc) is 2.79. The Bertz CT molecular complexity index is 1030. The molecule has 0 saturated carbocycles. The van der Waals surface area contributed by atoms with E-state index in [1.165, 1.54) is 28.8 Å². The average molecular weight is 462 g/mol. The molecule has 1 fully saturated rings. The van der Waals surface area contributed by atoms with E-state index in [1.807, 2.05) is 0 Å². The number of anilines is 1. The first-order valence-electron chi connectivity index (χ1n) is 11.4. The minimum atomic E-state index is -3.79. The number of aryl methyl sites for hydroxylation is 1. The molecular formula is C23H31N3O5S. The number of benzene rings is 1. The van der Waals surface area contributed by atoms with Gasteiger partial charge in [0.05, 0.1) is 16.5 Å². The Morgan fingerprint density at radius 1 is 1.28 bits per heavy atom. The van der Waals surface area contributed by atoms with Gasteiger partial charge in [0, 0.05) is 25.7 Å². The highest BCUT2D eigenvalue weighted by Crippen LogP contribution is 2.35. The van der Waals surface area contributed by atoms with Gasteiger partial charge >= 0.3 is 0 Å². The molecule has 3 aliphatic rings. The number of rotatable bonds is 6. The number of piperidine rings is 1. The van der Waals surface area contributed by atoms with Gasteiger partial charge in [-0.1, -0.05) is 11.6 Å². The summed E-state index contributed by atoms with van der Waals surface area (Å²) in [6.45, 7) is 2.71. The summed E-state index contributed by atoms with van der Waals surface area (Å²) in [5.74, 6) is -0.351. The highest BCUT2D eigenvalue weighted by Gasteiger charge is 2.35. The lowest BCUT2D eigenvalue weighted by molar-refractivity contribution is -0.126. The molecule has 1 aromatic rings. The van der Waals surface area contributed by atoms with Gasteiger partial charge in [-0.2, -0.15) is 4.31 Å². The molecule has 174 valence electrons. The van der Waals surface area contributed by atoms with Crippen LogP contribution < -0.4 is 15.4 Å². The zero-order chi connectivity index (χ0) is 22.7. The summed E-state index contributed by atoms with van der Waals surface area (Å²) in [6.07, 6.45) is 9.16. The minimum absolute atomic E-state index is 0.0745. The molecule has 9 heteroatoms. The maximum Gasteiger partial charge on any atom is 0.262 e. The van der Waals surface area contributed by atoms with Crippen LogP contribution in [0.1, 0.15) is 50.5 Å². The van der Waals surface area contributed by atoms with Crippen LogP contribution in [0.3, 0.4) is 0 Å². The van der Waals surface area contributed by atoms with E-state index in [9.17, 15) is 18.0 Å². The first-order chi connectivity index (χ1) is 15.3. The third-order valence-electron chi connectivity index (χ3n) is 6.41. The number of ether oxygens (including phenoxy) is 1. The van der Waals surface area contributed by atoms with E-state index < -0.39 is 10.0 Å². The van der Waals surface area contributed by atoms with Crippen molar-refractivity contribution < 1.29 is 22.7 Å². The zero-order valence-electron chi connectivity index (χ0n) is 18.5. The van der Waals surface area contributed by atoms with Crippen LogP contribution >= 0.6 is 0 Å².